The molecule has 2 aromatic rings. The van der Waals surface area contributed by atoms with Crippen LogP contribution in [0.25, 0.3) is 0 Å². The van der Waals surface area contributed by atoms with Crippen molar-refractivity contribution in [3.63, 3.8) is 0 Å². The van der Waals surface area contributed by atoms with Crippen molar-refractivity contribution in [2.45, 2.75) is 58.2 Å². The molecule has 0 unspecified atom stereocenters. The van der Waals surface area contributed by atoms with Gasteiger partial charge in [0.25, 0.3) is 0 Å². The van der Waals surface area contributed by atoms with Crippen molar-refractivity contribution < 1.29 is 9.53 Å². The van der Waals surface area contributed by atoms with Gasteiger partial charge in [-0.2, -0.15) is 5.10 Å². The zero-order valence-corrected chi connectivity index (χ0v) is 14.7. The molecular formula is C18H25N5O2. The Balaban J connectivity index is 1.57. The molecule has 0 bridgehead atoms. The zero-order valence-electron chi connectivity index (χ0n) is 14.7. The lowest BCUT2D eigenvalue weighted by Crippen LogP contribution is -2.37. The van der Waals surface area contributed by atoms with Gasteiger partial charge in [-0.05, 0) is 51.2 Å². The van der Waals surface area contributed by atoms with Gasteiger partial charge >= 0.3 is 6.03 Å². The third-order valence-corrected chi connectivity index (χ3v) is 4.45. The predicted molar refractivity (Wildman–Crippen MR) is 94.2 cm³/mol. The maximum Gasteiger partial charge on any atom is 0.315 e. The number of hydrogen-bond acceptors (Lipinski definition) is 4. The molecule has 1 aliphatic carbocycles. The Kier molecular flexibility index (Phi) is 5.53. The Hall–Kier alpha value is -2.57. The number of aromatic nitrogens is 3. The third-order valence-electron chi connectivity index (χ3n) is 4.45. The Morgan fingerprint density at radius 1 is 1.40 bits per heavy atom. The number of amides is 2. The Labute approximate surface area is 147 Å². The van der Waals surface area contributed by atoms with Crippen molar-refractivity contribution in [3.05, 3.63) is 41.5 Å². The molecule has 134 valence electrons. The second-order valence-corrected chi connectivity index (χ2v) is 6.55. The molecule has 1 atom stereocenters. The average molecular weight is 343 g/mol. The molecule has 1 aromatic carbocycles. The number of carbonyl (C=O) groups excluding carboxylic acids is 1. The van der Waals surface area contributed by atoms with Gasteiger partial charge in [0, 0.05) is 12.1 Å². The number of urea groups is 1. The standard InChI is InChI=1S/C18H25N5O2/c1-12-7-8-14(16(9-12)25-15-5-3-4-6-15)10-19-18(24)22-13(2)17-20-11-21-23-17/h7-9,11,13,15H,3-6,10H2,1-2H3,(H2,19,22,24)(H,20,21,23)/t13-/m0/s1. The molecular weight excluding hydrogens is 318 g/mol. The number of carbonyl (C=O) groups is 1. The van der Waals surface area contributed by atoms with E-state index in [1.54, 1.807) is 0 Å². The van der Waals surface area contributed by atoms with Crippen LogP contribution < -0.4 is 15.4 Å². The first kappa shape index (κ1) is 17.3. The van der Waals surface area contributed by atoms with Crippen molar-refractivity contribution in [3.8, 4) is 5.75 Å². The summed E-state index contributed by atoms with van der Waals surface area (Å²) in [6.07, 6.45) is 6.38. The second kappa shape index (κ2) is 8.00. The molecule has 7 nitrogen and oxygen atoms in total. The maximum atomic E-state index is 12.1. The summed E-state index contributed by atoms with van der Waals surface area (Å²) in [6, 6.07) is 5.60. The molecule has 1 saturated carbocycles. The highest BCUT2D eigenvalue weighted by Gasteiger charge is 2.18. The number of rotatable bonds is 6. The van der Waals surface area contributed by atoms with Gasteiger partial charge < -0.3 is 15.4 Å². The molecule has 1 aliphatic rings. The summed E-state index contributed by atoms with van der Waals surface area (Å²) in [7, 11) is 0. The molecule has 3 rings (SSSR count). The van der Waals surface area contributed by atoms with Gasteiger partial charge in [0.15, 0.2) is 0 Å². The number of nitrogens with one attached hydrogen (secondary N) is 3. The number of hydrogen-bond donors (Lipinski definition) is 3. The topological polar surface area (TPSA) is 91.9 Å². The van der Waals surface area contributed by atoms with E-state index in [4.69, 9.17) is 4.74 Å². The minimum absolute atomic E-state index is 0.241. The van der Waals surface area contributed by atoms with E-state index in [2.05, 4.69) is 25.8 Å². The van der Waals surface area contributed by atoms with Crippen molar-refractivity contribution in [2.75, 3.05) is 0 Å². The van der Waals surface area contributed by atoms with Gasteiger partial charge in [-0.3, -0.25) is 5.10 Å². The fraction of sp³-hybridized carbons (Fsp3) is 0.500. The van der Waals surface area contributed by atoms with Crippen LogP contribution in [0.3, 0.4) is 0 Å². The molecule has 0 spiro atoms. The summed E-state index contributed by atoms with van der Waals surface area (Å²) < 4.78 is 6.16. The lowest BCUT2D eigenvalue weighted by atomic mass is 10.1. The minimum Gasteiger partial charge on any atom is -0.490 e. The van der Waals surface area contributed by atoms with Crippen LogP contribution in [0.15, 0.2) is 24.5 Å². The lowest BCUT2D eigenvalue weighted by Gasteiger charge is -2.18. The quantitative estimate of drug-likeness (QED) is 0.752. The number of aryl methyl sites for hydroxylation is 1. The highest BCUT2D eigenvalue weighted by molar-refractivity contribution is 5.74. The van der Waals surface area contributed by atoms with Crippen LogP contribution in [-0.4, -0.2) is 27.3 Å². The van der Waals surface area contributed by atoms with Crippen molar-refractivity contribution in [1.82, 2.24) is 25.8 Å². The highest BCUT2D eigenvalue weighted by atomic mass is 16.5. The van der Waals surface area contributed by atoms with Gasteiger partial charge in [-0.15, -0.1) is 0 Å². The first-order valence-electron chi connectivity index (χ1n) is 8.77. The smallest absolute Gasteiger partial charge is 0.315 e. The fourth-order valence-corrected chi connectivity index (χ4v) is 3.02. The first-order chi connectivity index (χ1) is 12.1. The largest absolute Gasteiger partial charge is 0.490 e. The molecule has 3 N–H and O–H groups in total. The molecule has 25 heavy (non-hydrogen) atoms. The zero-order chi connectivity index (χ0) is 17.6. The third kappa shape index (κ3) is 4.71. The molecule has 0 saturated heterocycles. The van der Waals surface area contributed by atoms with Gasteiger partial charge in [0.2, 0.25) is 0 Å². The van der Waals surface area contributed by atoms with Crippen LogP contribution in [0.4, 0.5) is 4.79 Å². The van der Waals surface area contributed by atoms with E-state index in [-0.39, 0.29) is 12.1 Å². The van der Waals surface area contributed by atoms with Gasteiger partial charge in [-0.1, -0.05) is 12.1 Å². The molecule has 1 heterocycles. The van der Waals surface area contributed by atoms with E-state index in [0.717, 1.165) is 29.7 Å². The molecule has 1 aromatic heterocycles. The maximum absolute atomic E-state index is 12.1. The monoisotopic (exact) mass is 343 g/mol. The summed E-state index contributed by atoms with van der Waals surface area (Å²) in [6.45, 7) is 4.31. The first-order valence-corrected chi connectivity index (χ1v) is 8.77. The molecule has 1 fully saturated rings. The summed E-state index contributed by atoms with van der Waals surface area (Å²) in [5.74, 6) is 1.49. The van der Waals surface area contributed by atoms with Crippen LogP contribution in [0.5, 0.6) is 5.75 Å². The number of benzene rings is 1. The summed E-state index contributed by atoms with van der Waals surface area (Å²) in [4.78, 5) is 16.2. The van der Waals surface area contributed by atoms with Crippen LogP contribution in [-0.2, 0) is 6.54 Å². The van der Waals surface area contributed by atoms with E-state index in [1.807, 2.05) is 32.0 Å². The highest BCUT2D eigenvalue weighted by Crippen LogP contribution is 2.27. The summed E-state index contributed by atoms with van der Waals surface area (Å²) in [5, 5.41) is 12.3. The summed E-state index contributed by atoms with van der Waals surface area (Å²) >= 11 is 0. The van der Waals surface area contributed by atoms with E-state index >= 15 is 0 Å². The van der Waals surface area contributed by atoms with E-state index in [9.17, 15) is 4.79 Å². The summed E-state index contributed by atoms with van der Waals surface area (Å²) in [5.41, 5.74) is 2.14. The minimum atomic E-state index is -0.253. The molecule has 0 aliphatic heterocycles. The lowest BCUT2D eigenvalue weighted by molar-refractivity contribution is 0.207. The number of nitrogens with zero attached hydrogens (tertiary/aromatic N) is 2. The Morgan fingerprint density at radius 2 is 2.20 bits per heavy atom. The van der Waals surface area contributed by atoms with Gasteiger partial charge in [-0.25, -0.2) is 9.78 Å². The predicted octanol–water partition coefficient (Wildman–Crippen LogP) is 2.99. The van der Waals surface area contributed by atoms with Crippen molar-refractivity contribution >= 4 is 6.03 Å². The van der Waals surface area contributed by atoms with Crippen LogP contribution in [0.2, 0.25) is 0 Å². The fourth-order valence-electron chi connectivity index (χ4n) is 3.02. The molecule has 7 heteroatoms. The van der Waals surface area contributed by atoms with E-state index in [1.165, 1.54) is 19.2 Å². The average Bonchev–Trinajstić information content (AvgIpc) is 3.27. The van der Waals surface area contributed by atoms with E-state index in [0.29, 0.717) is 18.5 Å². The van der Waals surface area contributed by atoms with Crippen LogP contribution in [0, 0.1) is 6.92 Å². The molecule has 0 radical (unpaired) electrons. The van der Waals surface area contributed by atoms with Gasteiger partial charge in [0.05, 0.1) is 12.1 Å². The SMILES string of the molecule is Cc1ccc(CNC(=O)N[C@@H](C)c2ncn[nH]2)c(OC2CCCC2)c1. The van der Waals surface area contributed by atoms with Crippen molar-refractivity contribution in [1.29, 1.82) is 0 Å². The van der Waals surface area contributed by atoms with Crippen molar-refractivity contribution in [2.24, 2.45) is 0 Å². The number of aromatic amines is 1. The number of ether oxygens (including phenoxy) is 1. The van der Waals surface area contributed by atoms with E-state index < -0.39 is 0 Å². The Bertz CT molecular complexity index is 695. The normalized spacial score (nSPS) is 15.8. The second-order valence-electron chi connectivity index (χ2n) is 6.55. The van der Waals surface area contributed by atoms with Crippen LogP contribution in [0.1, 0.15) is 55.6 Å². The Morgan fingerprint density at radius 3 is 2.92 bits per heavy atom. The van der Waals surface area contributed by atoms with Crippen LogP contribution >= 0.6 is 0 Å². The van der Waals surface area contributed by atoms with Gasteiger partial charge in [0.1, 0.15) is 17.9 Å². The number of H-pyrrole nitrogens is 1. The molecule has 2 amide bonds.